The summed E-state index contributed by atoms with van der Waals surface area (Å²) in [6.07, 6.45) is 0. The van der Waals surface area contributed by atoms with E-state index in [0.717, 1.165) is 0 Å². The second kappa shape index (κ2) is 7.49. The van der Waals surface area contributed by atoms with Gasteiger partial charge in [-0.05, 0) is 25.2 Å². The Morgan fingerprint density at radius 3 is 1.90 bits per heavy atom. The van der Waals surface area contributed by atoms with Crippen LogP contribution in [0.5, 0.6) is 0 Å². The fourth-order valence-corrected chi connectivity index (χ4v) is 6.67. The van der Waals surface area contributed by atoms with Crippen molar-refractivity contribution in [3.05, 3.63) is 28.7 Å². The number of fused-ring (bicyclic) bond motifs is 1. The van der Waals surface area contributed by atoms with Crippen LogP contribution >= 0.6 is 0 Å². The van der Waals surface area contributed by atoms with Crippen LogP contribution in [0.15, 0.2) is 27.9 Å². The average molecular weight is 445 g/mol. The lowest BCUT2D eigenvalue weighted by molar-refractivity contribution is 0.201. The second-order valence-corrected chi connectivity index (χ2v) is 11.2. The van der Waals surface area contributed by atoms with Crippen LogP contribution in [-0.2, 0) is 20.2 Å². The lowest BCUT2D eigenvalue weighted by atomic mass is 10.3. The van der Waals surface area contributed by atoms with Gasteiger partial charge >= 0.3 is 5.69 Å². The van der Waals surface area contributed by atoms with Crippen LogP contribution < -0.4 is 5.69 Å². The first-order valence-electron chi connectivity index (χ1n) is 9.34. The molecule has 2 fully saturated rings. The highest BCUT2D eigenvalue weighted by Gasteiger charge is 2.36. The van der Waals surface area contributed by atoms with Crippen molar-refractivity contribution >= 4 is 31.3 Å². The molecule has 2 N–H and O–H groups in total. The number of piperazine rings is 2. The van der Waals surface area contributed by atoms with Gasteiger partial charge in [-0.2, -0.15) is 21.3 Å². The Kier molecular flexibility index (Phi) is 5.29. The first kappa shape index (κ1) is 20.5. The Morgan fingerprint density at radius 1 is 0.759 bits per heavy atom. The summed E-state index contributed by atoms with van der Waals surface area (Å²) < 4.78 is 55.8. The normalized spacial score (nSPS) is 21.7. The number of aromatic nitrogens is 2. The monoisotopic (exact) mass is 444 g/mol. The molecule has 0 amide bonds. The largest absolute Gasteiger partial charge is 0.323 e. The number of benzene rings is 1. The number of rotatable bonds is 4. The number of hydrogen-bond acceptors (Lipinski definition) is 6. The standard InChI is InChI=1S/C16H24N6O5S2/c1-19-4-6-21(7-5-19)29(26,27)22-10-8-20(9-11-22)28(24,25)13-2-3-14-15(12-13)18-16(23)17-14/h2-3,12H,4-11H2,1H3,(H2,17,18,23). The van der Waals surface area contributed by atoms with Crippen LogP contribution in [0, 0.1) is 0 Å². The minimum atomic E-state index is -3.79. The molecule has 2 aliphatic rings. The molecular formula is C16H24N6O5S2. The molecule has 0 spiro atoms. The molecule has 1 aromatic heterocycles. The van der Waals surface area contributed by atoms with Crippen LogP contribution in [0.2, 0.25) is 0 Å². The van der Waals surface area contributed by atoms with Gasteiger partial charge < -0.3 is 14.9 Å². The van der Waals surface area contributed by atoms with Crippen molar-refractivity contribution in [2.45, 2.75) is 4.90 Å². The third-order valence-electron chi connectivity index (χ3n) is 5.44. The quantitative estimate of drug-likeness (QED) is 0.600. The molecule has 160 valence electrons. The molecule has 13 heteroatoms. The average Bonchev–Trinajstić information content (AvgIpc) is 3.07. The maximum Gasteiger partial charge on any atom is 0.323 e. The fourth-order valence-electron chi connectivity index (χ4n) is 3.64. The number of aromatic amines is 2. The van der Waals surface area contributed by atoms with Gasteiger partial charge in [-0.25, -0.2) is 13.2 Å². The van der Waals surface area contributed by atoms with Gasteiger partial charge in [-0.3, -0.25) is 0 Å². The van der Waals surface area contributed by atoms with E-state index in [9.17, 15) is 21.6 Å². The molecule has 1 aromatic carbocycles. The summed E-state index contributed by atoms with van der Waals surface area (Å²) in [6.45, 7) is 2.61. The maximum absolute atomic E-state index is 13.0. The Bertz CT molecular complexity index is 1160. The van der Waals surface area contributed by atoms with E-state index in [-0.39, 0.29) is 31.1 Å². The van der Waals surface area contributed by atoms with E-state index in [2.05, 4.69) is 14.9 Å². The van der Waals surface area contributed by atoms with E-state index in [0.29, 0.717) is 37.2 Å². The topological polar surface area (TPSA) is 130 Å². The molecule has 0 radical (unpaired) electrons. The summed E-state index contributed by atoms with van der Waals surface area (Å²) in [7, 11) is -5.43. The summed E-state index contributed by atoms with van der Waals surface area (Å²) in [4.78, 5) is 18.7. The van der Waals surface area contributed by atoms with E-state index < -0.39 is 25.9 Å². The maximum atomic E-state index is 13.0. The summed E-state index contributed by atoms with van der Waals surface area (Å²) in [5.41, 5.74) is 0.529. The van der Waals surface area contributed by atoms with E-state index in [1.807, 2.05) is 7.05 Å². The number of nitrogens with one attached hydrogen (secondary N) is 2. The Balaban J connectivity index is 1.47. The van der Waals surface area contributed by atoms with Crippen molar-refractivity contribution in [2.24, 2.45) is 0 Å². The highest BCUT2D eigenvalue weighted by molar-refractivity contribution is 7.89. The van der Waals surface area contributed by atoms with Gasteiger partial charge in [0.15, 0.2) is 0 Å². The number of H-pyrrole nitrogens is 2. The van der Waals surface area contributed by atoms with Crippen LogP contribution in [0.3, 0.4) is 0 Å². The molecule has 0 atom stereocenters. The van der Waals surface area contributed by atoms with Crippen molar-refractivity contribution in [1.82, 2.24) is 27.8 Å². The highest BCUT2D eigenvalue weighted by atomic mass is 32.2. The van der Waals surface area contributed by atoms with E-state index in [1.165, 1.54) is 31.1 Å². The molecule has 2 aliphatic heterocycles. The van der Waals surface area contributed by atoms with Gasteiger partial charge in [0.05, 0.1) is 15.9 Å². The first-order chi connectivity index (χ1) is 13.7. The van der Waals surface area contributed by atoms with Crippen LogP contribution in [0.1, 0.15) is 0 Å². The minimum absolute atomic E-state index is 0.0654. The molecule has 29 heavy (non-hydrogen) atoms. The van der Waals surface area contributed by atoms with E-state index in [1.54, 1.807) is 0 Å². The predicted octanol–water partition coefficient (Wildman–Crippen LogP) is -1.35. The molecular weight excluding hydrogens is 420 g/mol. The van der Waals surface area contributed by atoms with Crippen molar-refractivity contribution in [2.75, 3.05) is 59.4 Å². The van der Waals surface area contributed by atoms with Crippen LogP contribution in [0.4, 0.5) is 0 Å². The molecule has 2 aromatic rings. The number of sulfonamides is 1. The molecule has 4 rings (SSSR count). The SMILES string of the molecule is CN1CCN(S(=O)(=O)N2CCN(S(=O)(=O)c3ccc4[nH]c(=O)[nH]c4c3)CC2)CC1. The van der Waals surface area contributed by atoms with Crippen molar-refractivity contribution in [3.63, 3.8) is 0 Å². The number of hydrogen-bond donors (Lipinski definition) is 2. The Hall–Kier alpha value is -1.77. The molecule has 2 saturated heterocycles. The minimum Gasteiger partial charge on any atom is -0.306 e. The van der Waals surface area contributed by atoms with Gasteiger partial charge in [-0.15, -0.1) is 0 Å². The molecule has 0 aliphatic carbocycles. The number of nitrogens with zero attached hydrogens (tertiary/aromatic N) is 4. The third kappa shape index (κ3) is 3.85. The second-order valence-electron chi connectivity index (χ2n) is 7.30. The summed E-state index contributed by atoms with van der Waals surface area (Å²) in [5, 5.41) is 0. The van der Waals surface area contributed by atoms with Crippen LogP contribution in [-0.4, -0.2) is 104 Å². The summed E-state index contributed by atoms with van der Waals surface area (Å²) >= 11 is 0. The third-order valence-corrected chi connectivity index (χ3v) is 9.37. The van der Waals surface area contributed by atoms with Gasteiger partial charge in [0.2, 0.25) is 10.0 Å². The van der Waals surface area contributed by atoms with Gasteiger partial charge in [0.25, 0.3) is 10.2 Å². The zero-order valence-corrected chi connectivity index (χ0v) is 17.7. The fraction of sp³-hybridized carbons (Fsp3) is 0.562. The zero-order valence-electron chi connectivity index (χ0n) is 16.0. The molecule has 0 unspecified atom stereocenters. The summed E-state index contributed by atoms with van der Waals surface area (Å²) in [6, 6.07) is 4.39. The highest BCUT2D eigenvalue weighted by Crippen LogP contribution is 2.22. The van der Waals surface area contributed by atoms with Crippen molar-refractivity contribution in [3.8, 4) is 0 Å². The van der Waals surface area contributed by atoms with Crippen LogP contribution in [0.25, 0.3) is 11.0 Å². The molecule has 0 bridgehead atoms. The lowest BCUT2D eigenvalue weighted by Crippen LogP contribution is -2.57. The van der Waals surface area contributed by atoms with Gasteiger partial charge in [-0.1, -0.05) is 0 Å². The molecule has 3 heterocycles. The molecule has 0 saturated carbocycles. The number of likely N-dealkylation sites (N-methyl/N-ethyl adjacent to an activating group) is 1. The number of imidazole rings is 1. The predicted molar refractivity (Wildman–Crippen MR) is 107 cm³/mol. The van der Waals surface area contributed by atoms with Crippen molar-refractivity contribution < 1.29 is 16.8 Å². The smallest absolute Gasteiger partial charge is 0.306 e. The van der Waals surface area contributed by atoms with Gasteiger partial charge in [0.1, 0.15) is 0 Å². The van der Waals surface area contributed by atoms with E-state index in [4.69, 9.17) is 0 Å². The van der Waals surface area contributed by atoms with Crippen molar-refractivity contribution in [1.29, 1.82) is 0 Å². The molecule has 11 nitrogen and oxygen atoms in total. The summed E-state index contributed by atoms with van der Waals surface area (Å²) in [5.74, 6) is 0. The first-order valence-corrected chi connectivity index (χ1v) is 12.2. The zero-order chi connectivity index (χ0) is 20.8. The van der Waals surface area contributed by atoms with Gasteiger partial charge in [0, 0.05) is 52.4 Å². The Morgan fingerprint density at radius 2 is 1.28 bits per heavy atom. The lowest BCUT2D eigenvalue weighted by Gasteiger charge is -2.38. The Labute approximate surface area is 169 Å². The van der Waals surface area contributed by atoms with E-state index >= 15 is 0 Å².